The van der Waals surface area contributed by atoms with E-state index >= 15 is 0 Å². The minimum atomic E-state index is -3.75. The van der Waals surface area contributed by atoms with Crippen molar-refractivity contribution in [1.82, 2.24) is 14.1 Å². The number of carbonyl (C=O) groups excluding carboxylic acids is 1. The lowest BCUT2D eigenvalue weighted by Gasteiger charge is -2.13. The number of para-hydroxylation sites is 1. The molecular weight excluding hydrogens is 382 g/mol. The first-order chi connectivity index (χ1) is 13.3. The second-order valence-corrected chi connectivity index (χ2v) is 8.28. The zero-order valence-corrected chi connectivity index (χ0v) is 16.1. The summed E-state index contributed by atoms with van der Waals surface area (Å²) in [7, 11) is -0.989. The van der Waals surface area contributed by atoms with Crippen LogP contribution >= 0.6 is 0 Å². The maximum Gasteiger partial charge on any atom is 0.342 e. The van der Waals surface area contributed by atoms with Gasteiger partial charge in [-0.15, -0.1) is 0 Å². The van der Waals surface area contributed by atoms with Crippen molar-refractivity contribution >= 4 is 16.0 Å². The molecule has 28 heavy (non-hydrogen) atoms. The molecule has 0 aliphatic rings. The van der Waals surface area contributed by atoms with E-state index < -0.39 is 16.0 Å². The van der Waals surface area contributed by atoms with Crippen molar-refractivity contribution in [2.24, 2.45) is 0 Å². The van der Waals surface area contributed by atoms with Gasteiger partial charge in [-0.3, -0.25) is 0 Å². The van der Waals surface area contributed by atoms with Gasteiger partial charge < -0.3 is 9.84 Å². The molecule has 8 nitrogen and oxygen atoms in total. The first-order valence-electron chi connectivity index (χ1n) is 8.31. The molecule has 0 atom stereocenters. The Morgan fingerprint density at radius 3 is 2.54 bits per heavy atom. The summed E-state index contributed by atoms with van der Waals surface area (Å²) in [6.45, 7) is -0.122. The number of carbonyl (C=O) groups is 1. The maximum absolute atomic E-state index is 12.3. The van der Waals surface area contributed by atoms with Gasteiger partial charge in [-0.2, -0.15) is 5.10 Å². The topological polar surface area (TPSA) is 102 Å². The second-order valence-electron chi connectivity index (χ2n) is 6.13. The molecule has 1 heterocycles. The number of phenolic OH excluding ortho intramolecular Hbond substituents is 1. The molecule has 0 unspecified atom stereocenters. The van der Waals surface area contributed by atoms with Crippen LogP contribution in [0.5, 0.6) is 5.75 Å². The minimum absolute atomic E-state index is 0.115. The Labute approximate surface area is 162 Å². The van der Waals surface area contributed by atoms with Crippen LogP contribution < -0.4 is 0 Å². The summed E-state index contributed by atoms with van der Waals surface area (Å²) in [6.07, 6.45) is 1.74. The number of hydrogen-bond acceptors (Lipinski definition) is 6. The van der Waals surface area contributed by atoms with Crippen LogP contribution in [0.4, 0.5) is 0 Å². The fourth-order valence-corrected chi connectivity index (χ4v) is 3.36. The van der Waals surface area contributed by atoms with E-state index in [4.69, 9.17) is 4.74 Å². The van der Waals surface area contributed by atoms with Crippen molar-refractivity contribution in [2.45, 2.75) is 11.5 Å². The van der Waals surface area contributed by atoms with Crippen molar-refractivity contribution in [2.75, 3.05) is 14.1 Å². The van der Waals surface area contributed by atoms with Crippen LogP contribution in [-0.2, 0) is 21.4 Å². The highest BCUT2D eigenvalue weighted by atomic mass is 32.2. The number of phenols is 1. The van der Waals surface area contributed by atoms with Gasteiger partial charge in [0.25, 0.3) is 0 Å². The van der Waals surface area contributed by atoms with E-state index in [2.05, 4.69) is 5.10 Å². The first kappa shape index (κ1) is 19.6. The summed E-state index contributed by atoms with van der Waals surface area (Å²) >= 11 is 0. The Bertz CT molecular complexity index is 1090. The third-order valence-corrected chi connectivity index (χ3v) is 5.79. The highest BCUT2D eigenvalue weighted by molar-refractivity contribution is 7.89. The van der Waals surface area contributed by atoms with Gasteiger partial charge in [-0.1, -0.05) is 18.2 Å². The maximum atomic E-state index is 12.3. The number of benzene rings is 2. The normalized spacial score (nSPS) is 11.5. The highest BCUT2D eigenvalue weighted by Crippen LogP contribution is 2.24. The molecule has 0 aliphatic carbocycles. The Hall–Kier alpha value is -3.17. The lowest BCUT2D eigenvalue weighted by Crippen LogP contribution is -2.22. The SMILES string of the molecule is CN(C)S(=O)(=O)c1ccc(O)c(C(=O)OCc2ccn(-c3ccccc3)n2)c1. The Balaban J connectivity index is 1.75. The molecule has 0 aliphatic heterocycles. The summed E-state index contributed by atoms with van der Waals surface area (Å²) in [4.78, 5) is 12.2. The van der Waals surface area contributed by atoms with Crippen LogP contribution in [0.3, 0.4) is 0 Å². The lowest BCUT2D eigenvalue weighted by molar-refractivity contribution is 0.0463. The number of rotatable bonds is 6. The molecule has 3 aromatic rings. The Morgan fingerprint density at radius 1 is 1.14 bits per heavy atom. The minimum Gasteiger partial charge on any atom is -0.507 e. The van der Waals surface area contributed by atoms with Crippen molar-refractivity contribution in [3.8, 4) is 11.4 Å². The molecule has 0 bridgehead atoms. The van der Waals surface area contributed by atoms with Gasteiger partial charge in [0, 0.05) is 20.3 Å². The molecule has 0 saturated carbocycles. The lowest BCUT2D eigenvalue weighted by atomic mass is 10.2. The number of nitrogens with zero attached hydrogens (tertiary/aromatic N) is 3. The smallest absolute Gasteiger partial charge is 0.342 e. The molecule has 3 rings (SSSR count). The summed E-state index contributed by atoms with van der Waals surface area (Å²) in [5, 5.41) is 14.3. The van der Waals surface area contributed by atoms with Crippen molar-refractivity contribution < 1.29 is 23.1 Å². The van der Waals surface area contributed by atoms with E-state index in [0.29, 0.717) is 5.69 Å². The molecule has 0 saturated heterocycles. The predicted octanol–water partition coefficient (Wildman–Crippen LogP) is 2.19. The van der Waals surface area contributed by atoms with Gasteiger partial charge in [-0.05, 0) is 36.4 Å². The monoisotopic (exact) mass is 401 g/mol. The molecule has 0 spiro atoms. The van der Waals surface area contributed by atoms with E-state index in [-0.39, 0.29) is 22.8 Å². The molecular formula is C19H19N3O5S. The fraction of sp³-hybridized carbons (Fsp3) is 0.158. The van der Waals surface area contributed by atoms with E-state index in [1.807, 2.05) is 30.3 Å². The second kappa shape index (κ2) is 7.83. The molecule has 1 aromatic heterocycles. The van der Waals surface area contributed by atoms with Crippen LogP contribution in [0.2, 0.25) is 0 Å². The van der Waals surface area contributed by atoms with Crippen molar-refractivity contribution in [3.63, 3.8) is 0 Å². The standard InChI is InChI=1S/C19H19N3O5S/c1-21(2)28(25,26)16-8-9-18(23)17(12-16)19(24)27-13-14-10-11-22(20-14)15-6-4-3-5-7-15/h3-12,23H,13H2,1-2H3. The van der Waals surface area contributed by atoms with Crippen LogP contribution in [-0.4, -0.2) is 47.7 Å². The van der Waals surface area contributed by atoms with Crippen LogP contribution in [0.15, 0.2) is 65.7 Å². The molecule has 9 heteroatoms. The van der Waals surface area contributed by atoms with Crippen LogP contribution in [0, 0.1) is 0 Å². The summed E-state index contributed by atoms with van der Waals surface area (Å²) < 4.78 is 32.3. The van der Waals surface area contributed by atoms with Gasteiger partial charge in [0.1, 0.15) is 23.6 Å². The largest absolute Gasteiger partial charge is 0.507 e. The van der Waals surface area contributed by atoms with Crippen LogP contribution in [0.1, 0.15) is 16.1 Å². The number of hydrogen-bond donors (Lipinski definition) is 1. The summed E-state index contributed by atoms with van der Waals surface area (Å²) in [6, 6.07) is 14.6. The highest BCUT2D eigenvalue weighted by Gasteiger charge is 2.22. The quantitative estimate of drug-likeness (QED) is 0.635. The number of sulfonamides is 1. The molecule has 1 N–H and O–H groups in total. The zero-order valence-electron chi connectivity index (χ0n) is 15.3. The van der Waals surface area contributed by atoms with Crippen molar-refractivity contribution in [3.05, 3.63) is 72.1 Å². The summed E-state index contributed by atoms with van der Waals surface area (Å²) in [5.74, 6) is -1.21. The average Bonchev–Trinajstić information content (AvgIpc) is 3.16. The molecule has 146 valence electrons. The number of ether oxygens (including phenoxy) is 1. The molecule has 0 amide bonds. The third-order valence-electron chi connectivity index (χ3n) is 3.98. The molecule has 0 fully saturated rings. The number of esters is 1. The average molecular weight is 401 g/mol. The van der Waals surface area contributed by atoms with Gasteiger partial charge >= 0.3 is 5.97 Å². The Morgan fingerprint density at radius 2 is 1.86 bits per heavy atom. The van der Waals surface area contributed by atoms with E-state index in [0.717, 1.165) is 22.1 Å². The van der Waals surface area contributed by atoms with Gasteiger partial charge in [0.2, 0.25) is 10.0 Å². The van der Waals surface area contributed by atoms with E-state index in [1.165, 1.54) is 20.2 Å². The predicted molar refractivity (Wildman–Crippen MR) is 102 cm³/mol. The van der Waals surface area contributed by atoms with Gasteiger partial charge in [-0.25, -0.2) is 22.2 Å². The molecule has 2 aromatic carbocycles. The number of aromatic hydroxyl groups is 1. The van der Waals surface area contributed by atoms with E-state index in [9.17, 15) is 18.3 Å². The van der Waals surface area contributed by atoms with Crippen molar-refractivity contribution in [1.29, 1.82) is 0 Å². The molecule has 0 radical (unpaired) electrons. The zero-order chi connectivity index (χ0) is 20.3. The van der Waals surface area contributed by atoms with Crippen LogP contribution in [0.25, 0.3) is 5.69 Å². The fourth-order valence-electron chi connectivity index (χ4n) is 2.43. The van der Waals surface area contributed by atoms with Gasteiger partial charge in [0.05, 0.1) is 10.6 Å². The van der Waals surface area contributed by atoms with E-state index in [1.54, 1.807) is 16.9 Å². The third kappa shape index (κ3) is 4.05. The Kier molecular flexibility index (Phi) is 5.48. The summed E-state index contributed by atoms with van der Waals surface area (Å²) in [5.41, 5.74) is 1.14. The first-order valence-corrected chi connectivity index (χ1v) is 9.75. The van der Waals surface area contributed by atoms with Gasteiger partial charge in [0.15, 0.2) is 0 Å². The number of aromatic nitrogens is 2.